The molecule has 0 radical (unpaired) electrons. The third-order valence-corrected chi connectivity index (χ3v) is 27.0. The molecule has 0 saturated heterocycles. The van der Waals surface area contributed by atoms with Crippen molar-refractivity contribution in [3.05, 3.63) is 352 Å². The molecule has 0 aliphatic heterocycles. The van der Waals surface area contributed by atoms with Crippen molar-refractivity contribution in [2.75, 3.05) is 13.2 Å². The van der Waals surface area contributed by atoms with E-state index in [1.807, 2.05) is 54.6 Å². The first-order valence-corrected chi connectivity index (χ1v) is 49.2. The van der Waals surface area contributed by atoms with Gasteiger partial charge in [0.2, 0.25) is 0 Å². The van der Waals surface area contributed by atoms with Crippen LogP contribution in [0.25, 0.3) is 31.3 Å². The van der Waals surface area contributed by atoms with Crippen LogP contribution in [0, 0.1) is 51.9 Å². The minimum atomic E-state index is -0.927. The zero-order valence-electron chi connectivity index (χ0n) is 72.7. The first kappa shape index (κ1) is 107. The summed E-state index contributed by atoms with van der Waals surface area (Å²) in [6.07, 6.45) is 0.201. The zero-order chi connectivity index (χ0) is 101. The van der Waals surface area contributed by atoms with Crippen molar-refractivity contribution in [2.45, 2.75) is 77.4 Å². The van der Waals surface area contributed by atoms with E-state index in [1.54, 1.807) is 152 Å². The molecule has 37 nitrogen and oxygen atoms in total. The molecule has 0 bridgehead atoms. The van der Waals surface area contributed by atoms with Gasteiger partial charge in [-0.15, -0.1) is 40.5 Å². The fourth-order valence-corrected chi connectivity index (χ4v) is 18.9. The predicted molar refractivity (Wildman–Crippen MR) is 526 cm³/mol. The quantitative estimate of drug-likeness (QED) is 0.00706. The maximum absolute atomic E-state index is 12.8. The standard InChI is InChI=1S/2C27H19NO9S3.C21H17NO7S3.C19H18N2O7S/c29-24(35-20-5-3-4-17(14-20)16-34-28(32)33)12-13-25(30)37-22-7-2-1-6-21(22)27(31)36-19-10-8-18(9-11-19)23-15-26(38)40-39-23;29-24(35-19-9-5-17(6-10-19)16-34-28(32)33)13-14-25(30)37-22-4-2-1-3-21(22)27(31)36-20-11-7-18(8-12-20)23-15-26(38)40-39-23;23-19(7-3-4-12-27-22(25)26)29-17-6-2-1-5-16(17)21(24)28-15-10-8-14(9-11-15)18-13-20(30)32-31-18;20-18(29)13-8-10-14(11-9-13)27-19(23)15-5-1-2-6-16(15)28-17(22)7-3-4-12-26-21(24)25/h1-11,14-15H,12-13,16H2;1-12,15H,13-14,16H2;1-2,5-6,8-11,13H,3-4,7,12H2;1-2,5-6,8-11H,3-4,7,12H2,(H2,20,29). The molecule has 0 amide bonds. The van der Waals surface area contributed by atoms with E-state index in [1.165, 1.54) is 116 Å². The van der Waals surface area contributed by atoms with Crippen LogP contribution in [-0.4, -0.2) is 98.2 Å². The Labute approximate surface area is 841 Å². The Morgan fingerprint density at radius 2 is 0.553 bits per heavy atom. The van der Waals surface area contributed by atoms with E-state index < -0.39 is 80.0 Å². The molecular formula is C94H73N5O32S10. The van der Waals surface area contributed by atoms with Crippen LogP contribution in [0.2, 0.25) is 0 Å². The van der Waals surface area contributed by atoms with Gasteiger partial charge in [0.05, 0.1) is 38.9 Å². The molecule has 0 unspecified atom stereocenters. The molecule has 0 fully saturated rings. The lowest BCUT2D eigenvalue weighted by molar-refractivity contribution is -0.763. The highest BCUT2D eigenvalue weighted by atomic mass is 32.9. The molecule has 2 N–H and O–H groups in total. The van der Waals surface area contributed by atoms with Crippen LogP contribution in [0.1, 0.15) is 122 Å². The largest absolute Gasteiger partial charge is 0.427 e. The van der Waals surface area contributed by atoms with Crippen LogP contribution in [0.5, 0.6) is 57.5 Å². The predicted octanol–water partition coefficient (Wildman–Crippen LogP) is 21.4. The monoisotopic (exact) mass is 2100 g/mol. The van der Waals surface area contributed by atoms with Crippen LogP contribution in [-0.2, 0) is 61.3 Å². The highest BCUT2D eigenvalue weighted by molar-refractivity contribution is 7.81. The van der Waals surface area contributed by atoms with Crippen LogP contribution in [0.3, 0.4) is 0 Å². The molecular weight excluding hydrogens is 2030 g/mol. The number of hydrogen-bond acceptors (Lipinski definition) is 42. The van der Waals surface area contributed by atoms with Gasteiger partial charge in [0.15, 0.2) is 0 Å². The van der Waals surface area contributed by atoms with E-state index in [9.17, 15) is 88.4 Å². The van der Waals surface area contributed by atoms with Gasteiger partial charge in [-0.1, -0.05) is 184 Å². The normalized spacial score (nSPS) is 10.3. The molecule has 3 heterocycles. The average Bonchev–Trinajstić information content (AvgIpc) is 1.83. The summed E-state index contributed by atoms with van der Waals surface area (Å²) in [4.78, 5) is 185. The Kier molecular flexibility index (Phi) is 42.4. The number of esters is 10. The number of thiocarbonyl (C=S) groups is 1. The second-order valence-corrected chi connectivity index (χ2v) is 37.3. The summed E-state index contributed by atoms with van der Waals surface area (Å²) in [6, 6.07) is 69.6. The van der Waals surface area contributed by atoms with Crippen molar-refractivity contribution in [1.82, 2.24) is 0 Å². The van der Waals surface area contributed by atoms with Gasteiger partial charge >= 0.3 is 59.7 Å². The highest BCUT2D eigenvalue weighted by Gasteiger charge is 2.25. The number of carbonyl (C=O) groups is 10. The van der Waals surface area contributed by atoms with Gasteiger partial charge in [-0.25, -0.2) is 19.2 Å². The number of carbonyl (C=O) groups excluding carboxylic acids is 10. The van der Waals surface area contributed by atoms with Crippen molar-refractivity contribution < 1.29 is 135 Å². The second kappa shape index (κ2) is 55.7. The van der Waals surface area contributed by atoms with E-state index in [0.717, 1.165) is 42.8 Å². The van der Waals surface area contributed by atoms with Gasteiger partial charge in [0, 0.05) is 33.0 Å². The summed E-state index contributed by atoms with van der Waals surface area (Å²) < 4.78 is 55.6. The van der Waals surface area contributed by atoms with Gasteiger partial charge in [0.25, 0.3) is 20.3 Å². The third-order valence-electron chi connectivity index (χ3n) is 18.1. The lowest BCUT2D eigenvalue weighted by Gasteiger charge is -2.10. The first-order valence-electron chi connectivity index (χ1n) is 41.1. The van der Waals surface area contributed by atoms with Gasteiger partial charge in [-0.05, 0) is 242 Å². The molecule has 141 heavy (non-hydrogen) atoms. The molecule has 3 aromatic heterocycles. The Bertz CT molecular complexity index is 6830. The lowest BCUT2D eigenvalue weighted by atomic mass is 10.2. The smallest absolute Gasteiger partial charge is 0.347 e. The maximum Gasteiger partial charge on any atom is 0.347 e. The number of para-hydroxylation sites is 4. The number of ether oxygens (including phenoxy) is 10. The molecule has 13 aromatic rings. The number of hydrogen-bond donors (Lipinski definition) is 1. The van der Waals surface area contributed by atoms with E-state index in [0.29, 0.717) is 59.6 Å². The third kappa shape index (κ3) is 37.3. The summed E-state index contributed by atoms with van der Waals surface area (Å²) in [6.45, 7) is -0.731. The fourth-order valence-electron chi connectivity index (χ4n) is 11.5. The van der Waals surface area contributed by atoms with Crippen molar-refractivity contribution in [1.29, 1.82) is 0 Å². The maximum atomic E-state index is 12.8. The molecule has 0 aliphatic carbocycles. The molecule has 0 saturated carbocycles. The number of unbranched alkanes of at least 4 members (excludes halogenated alkanes) is 2. The van der Waals surface area contributed by atoms with Crippen LogP contribution < -0.4 is 53.1 Å². The number of benzene rings is 10. The fraction of sp³-hybridized carbons (Fsp3) is 0.149. The van der Waals surface area contributed by atoms with Crippen molar-refractivity contribution >= 4 is 176 Å². The van der Waals surface area contributed by atoms with Crippen LogP contribution in [0.15, 0.2) is 261 Å². The van der Waals surface area contributed by atoms with Gasteiger partial charge in [-0.3, -0.25) is 28.8 Å². The summed E-state index contributed by atoms with van der Waals surface area (Å²) in [5.74, 6) is -5.11. The molecule has 47 heteroatoms. The van der Waals surface area contributed by atoms with Crippen molar-refractivity contribution in [3.8, 4) is 88.8 Å². The minimum Gasteiger partial charge on any atom is -0.427 e. The molecule has 0 aliphatic rings. The number of nitrogens with two attached hydrogens (primary N) is 1. The number of nitrogens with zero attached hydrogens (tertiary/aromatic N) is 4. The summed E-state index contributed by atoms with van der Waals surface area (Å²) in [7, 11) is 9.25. The SMILES string of the molecule is NC(=S)c1ccc(OC(=O)c2ccccc2OC(=O)CCCCO[N+](=O)[O-])cc1.O=C(CCC(=O)Oc1ccccc1C(=O)Oc1ccc(-c2cc(=S)ss2)cc1)Oc1ccc(CO[N+](=O)[O-])cc1.O=C(CCC(=O)Oc1ccccc1C(=O)Oc1ccc(-c2cc(=S)ss2)cc1)Oc1cccc(CO[N+](=O)[O-])c1.O=C(CCCCO[N+](=O)[O-])Oc1ccccc1C(=O)Oc1ccc(-c2cc(=S)ss2)cc1. The highest BCUT2D eigenvalue weighted by Crippen LogP contribution is 2.36. The van der Waals surface area contributed by atoms with E-state index >= 15 is 0 Å². The van der Waals surface area contributed by atoms with Gasteiger partial charge < -0.3 is 72.5 Å². The Morgan fingerprint density at radius 1 is 0.277 bits per heavy atom. The van der Waals surface area contributed by atoms with E-state index in [2.05, 4.69) is 19.4 Å². The van der Waals surface area contributed by atoms with Gasteiger partial charge in [0.1, 0.15) is 109 Å². The topological polar surface area (TPSA) is 498 Å². The molecule has 0 spiro atoms. The van der Waals surface area contributed by atoms with Crippen LogP contribution >= 0.6 is 111 Å². The average molecular weight is 2110 g/mol. The van der Waals surface area contributed by atoms with Crippen LogP contribution in [0.4, 0.5) is 0 Å². The lowest BCUT2D eigenvalue weighted by Crippen LogP contribution is -2.16. The second-order valence-electron chi connectivity index (χ2n) is 28.1. The molecule has 10 aromatic carbocycles. The Morgan fingerprint density at radius 3 is 0.858 bits per heavy atom. The Hall–Kier alpha value is -15.6. The zero-order valence-corrected chi connectivity index (χ0v) is 80.9. The summed E-state index contributed by atoms with van der Waals surface area (Å²) >= 11 is 20.3. The molecule has 0 atom stereocenters. The van der Waals surface area contributed by atoms with Gasteiger partial charge in [-0.2, -0.15) is 0 Å². The van der Waals surface area contributed by atoms with Crippen molar-refractivity contribution in [2.24, 2.45) is 5.73 Å². The summed E-state index contributed by atoms with van der Waals surface area (Å²) in [5.41, 5.74) is 10.2. The minimum absolute atomic E-state index is 0.00642. The first-order chi connectivity index (χ1) is 67.8. The molecule has 726 valence electrons. The molecule has 13 rings (SSSR count). The van der Waals surface area contributed by atoms with E-state index in [4.69, 9.17) is 102 Å². The van der Waals surface area contributed by atoms with Crippen molar-refractivity contribution in [3.63, 3.8) is 0 Å². The van der Waals surface area contributed by atoms with E-state index in [-0.39, 0.29) is 132 Å². The number of rotatable bonds is 42. The summed E-state index contributed by atoms with van der Waals surface area (Å²) in [5, 5.41) is 37.1. The Balaban J connectivity index is 0.000000195.